The fourth-order valence-corrected chi connectivity index (χ4v) is 1.17. The summed E-state index contributed by atoms with van der Waals surface area (Å²) in [6, 6.07) is 6.84. The minimum atomic E-state index is -1.47. The Morgan fingerprint density at radius 2 is 1.80 bits per heavy atom. The quantitative estimate of drug-likeness (QED) is 0.631. The van der Waals surface area contributed by atoms with Gasteiger partial charge in [-0.1, -0.05) is 11.6 Å². The molecule has 0 aliphatic rings. The van der Waals surface area contributed by atoms with Crippen molar-refractivity contribution in [2.75, 3.05) is 0 Å². The van der Waals surface area contributed by atoms with Crippen molar-refractivity contribution in [1.29, 1.82) is 0 Å². The smallest absolute Gasteiger partial charge is 0.129 e. The van der Waals surface area contributed by atoms with Crippen LogP contribution in [0.1, 0.15) is 0 Å². The van der Waals surface area contributed by atoms with E-state index in [9.17, 15) is 0 Å². The van der Waals surface area contributed by atoms with Gasteiger partial charge in [0.05, 0.1) is 0 Å². The van der Waals surface area contributed by atoms with E-state index in [1.54, 1.807) is 24.3 Å². The van der Waals surface area contributed by atoms with Gasteiger partial charge in [0.1, 0.15) is 8.30 Å². The molecule has 1 unspecified atom stereocenters. The number of hydrogen-bond acceptors (Lipinski definition) is 2. The molecule has 1 rings (SSSR count). The molecule has 1 aromatic rings. The van der Waals surface area contributed by atoms with Gasteiger partial charge >= 0.3 is 0 Å². The first-order valence-electron chi connectivity index (χ1n) is 2.69. The van der Waals surface area contributed by atoms with E-state index in [-0.39, 0.29) is 0 Å². The summed E-state index contributed by atoms with van der Waals surface area (Å²) in [6.07, 6.45) is 0. The highest BCUT2D eigenvalue weighted by Crippen LogP contribution is 2.18. The summed E-state index contributed by atoms with van der Waals surface area (Å²) in [5.74, 6) is 0. The van der Waals surface area contributed by atoms with Gasteiger partial charge in [-0.2, -0.15) is 0 Å². The van der Waals surface area contributed by atoms with Crippen molar-refractivity contribution in [3.63, 3.8) is 0 Å². The second-order valence-electron chi connectivity index (χ2n) is 1.82. The maximum absolute atomic E-state index is 8.91. The standard InChI is InChI=1S/C6H7ClNOP/c7-5-1-3-6(4-2-5)10(8)9/h1-4,9H,8H2. The Labute approximate surface area is 65.5 Å². The molecular weight excluding hydrogens is 168 g/mol. The lowest BCUT2D eigenvalue weighted by Gasteiger charge is -2.01. The lowest BCUT2D eigenvalue weighted by Crippen LogP contribution is -2.04. The zero-order valence-electron chi connectivity index (χ0n) is 5.16. The number of rotatable bonds is 1. The highest BCUT2D eigenvalue weighted by molar-refractivity contribution is 7.57. The van der Waals surface area contributed by atoms with Crippen LogP contribution in [0.5, 0.6) is 0 Å². The molecule has 0 saturated heterocycles. The third kappa shape index (κ3) is 1.93. The topological polar surface area (TPSA) is 46.2 Å². The van der Waals surface area contributed by atoms with Crippen molar-refractivity contribution in [3.05, 3.63) is 29.3 Å². The Balaban J connectivity index is 2.89. The maximum atomic E-state index is 8.91. The minimum Gasteiger partial charge on any atom is -0.356 e. The lowest BCUT2D eigenvalue weighted by atomic mass is 10.4. The summed E-state index contributed by atoms with van der Waals surface area (Å²) >= 11 is 5.60. The van der Waals surface area contributed by atoms with Crippen LogP contribution >= 0.6 is 19.9 Å². The van der Waals surface area contributed by atoms with Crippen molar-refractivity contribution in [2.24, 2.45) is 5.50 Å². The summed E-state index contributed by atoms with van der Waals surface area (Å²) < 4.78 is 0. The van der Waals surface area contributed by atoms with E-state index in [0.717, 1.165) is 5.30 Å². The van der Waals surface area contributed by atoms with E-state index in [0.29, 0.717) is 5.02 Å². The SMILES string of the molecule is NP(O)c1ccc(Cl)cc1. The van der Waals surface area contributed by atoms with Gasteiger partial charge < -0.3 is 4.89 Å². The zero-order valence-corrected chi connectivity index (χ0v) is 6.81. The minimum absolute atomic E-state index is 0.653. The van der Waals surface area contributed by atoms with Crippen LogP contribution in [0, 0.1) is 0 Å². The average Bonchev–Trinajstić information content (AvgIpc) is 1.88. The van der Waals surface area contributed by atoms with Gasteiger partial charge in [0, 0.05) is 10.3 Å². The van der Waals surface area contributed by atoms with Gasteiger partial charge in [-0.15, -0.1) is 0 Å². The lowest BCUT2D eigenvalue weighted by molar-refractivity contribution is 0.636. The Hall–Kier alpha value is -0.140. The van der Waals surface area contributed by atoms with Gasteiger partial charge in [0.2, 0.25) is 0 Å². The highest BCUT2D eigenvalue weighted by Gasteiger charge is 1.98. The van der Waals surface area contributed by atoms with Gasteiger partial charge in [-0.3, -0.25) is 5.50 Å². The third-order valence-electron chi connectivity index (χ3n) is 1.09. The normalized spacial score (nSPS) is 13.1. The van der Waals surface area contributed by atoms with Gasteiger partial charge in [0.25, 0.3) is 0 Å². The molecule has 0 radical (unpaired) electrons. The fraction of sp³-hybridized carbons (Fsp3) is 0. The first kappa shape index (κ1) is 7.96. The molecule has 1 aromatic carbocycles. The van der Waals surface area contributed by atoms with Crippen LogP contribution in [-0.4, -0.2) is 4.89 Å². The molecule has 0 aliphatic heterocycles. The summed E-state index contributed by atoms with van der Waals surface area (Å²) in [5, 5.41) is 1.39. The Bertz CT molecular complexity index is 211. The molecule has 0 bridgehead atoms. The van der Waals surface area contributed by atoms with Crippen LogP contribution in [0.2, 0.25) is 5.02 Å². The van der Waals surface area contributed by atoms with Crippen molar-refractivity contribution in [3.8, 4) is 0 Å². The maximum Gasteiger partial charge on any atom is 0.129 e. The molecule has 0 spiro atoms. The predicted molar refractivity (Wildman–Crippen MR) is 44.4 cm³/mol. The highest BCUT2D eigenvalue weighted by atomic mass is 35.5. The van der Waals surface area contributed by atoms with E-state index in [4.69, 9.17) is 22.0 Å². The third-order valence-corrected chi connectivity index (χ3v) is 2.17. The Morgan fingerprint density at radius 1 is 1.30 bits per heavy atom. The van der Waals surface area contributed by atoms with Crippen molar-refractivity contribution >= 4 is 25.2 Å². The molecule has 0 amide bonds. The van der Waals surface area contributed by atoms with Crippen molar-refractivity contribution in [1.82, 2.24) is 0 Å². The van der Waals surface area contributed by atoms with Crippen LogP contribution in [0.3, 0.4) is 0 Å². The van der Waals surface area contributed by atoms with E-state index < -0.39 is 8.30 Å². The summed E-state index contributed by atoms with van der Waals surface area (Å²) in [6.45, 7) is 0. The molecule has 1 atom stereocenters. The van der Waals surface area contributed by atoms with Crippen LogP contribution in [0.15, 0.2) is 24.3 Å². The van der Waals surface area contributed by atoms with E-state index >= 15 is 0 Å². The second kappa shape index (κ2) is 3.31. The molecule has 10 heavy (non-hydrogen) atoms. The van der Waals surface area contributed by atoms with E-state index in [2.05, 4.69) is 0 Å². The summed E-state index contributed by atoms with van der Waals surface area (Å²) in [5.41, 5.74) is 5.24. The fourth-order valence-electron chi connectivity index (χ4n) is 0.594. The Kier molecular flexibility index (Phi) is 2.64. The molecular formula is C6H7ClNOP. The van der Waals surface area contributed by atoms with Crippen LogP contribution in [-0.2, 0) is 0 Å². The number of halogens is 1. The molecule has 3 N–H and O–H groups in total. The summed E-state index contributed by atoms with van der Waals surface area (Å²) in [4.78, 5) is 8.91. The Morgan fingerprint density at radius 3 is 2.20 bits per heavy atom. The second-order valence-corrected chi connectivity index (χ2v) is 3.46. The first-order valence-corrected chi connectivity index (χ1v) is 4.43. The van der Waals surface area contributed by atoms with E-state index in [1.165, 1.54) is 0 Å². The largest absolute Gasteiger partial charge is 0.356 e. The van der Waals surface area contributed by atoms with Crippen LogP contribution in [0.25, 0.3) is 0 Å². The number of hydrogen-bond donors (Lipinski definition) is 2. The number of benzene rings is 1. The predicted octanol–water partition coefficient (Wildman–Crippen LogP) is 1.23. The molecule has 4 heteroatoms. The van der Waals surface area contributed by atoms with Gasteiger partial charge in [0.15, 0.2) is 0 Å². The molecule has 0 saturated carbocycles. The zero-order chi connectivity index (χ0) is 7.56. The average molecular weight is 176 g/mol. The van der Waals surface area contributed by atoms with Crippen molar-refractivity contribution < 1.29 is 4.89 Å². The molecule has 0 aliphatic carbocycles. The van der Waals surface area contributed by atoms with Crippen molar-refractivity contribution in [2.45, 2.75) is 0 Å². The number of nitrogens with two attached hydrogens (primary N) is 1. The molecule has 0 fully saturated rings. The molecule has 0 heterocycles. The summed E-state index contributed by atoms with van der Waals surface area (Å²) in [7, 11) is -1.47. The molecule has 0 aromatic heterocycles. The first-order chi connectivity index (χ1) is 4.70. The van der Waals surface area contributed by atoms with Crippen LogP contribution in [0.4, 0.5) is 0 Å². The van der Waals surface area contributed by atoms with Gasteiger partial charge in [-0.25, -0.2) is 0 Å². The van der Waals surface area contributed by atoms with E-state index in [1.807, 2.05) is 0 Å². The van der Waals surface area contributed by atoms with Gasteiger partial charge in [-0.05, 0) is 24.3 Å². The molecule has 54 valence electrons. The van der Waals surface area contributed by atoms with Crippen LogP contribution < -0.4 is 10.8 Å². The monoisotopic (exact) mass is 175 g/mol. The molecule has 2 nitrogen and oxygen atoms in total.